The molecule has 3 aromatic rings. The first-order valence-corrected chi connectivity index (χ1v) is 10.3. The van der Waals surface area contributed by atoms with E-state index in [1.165, 1.54) is 16.2 Å². The number of benzene rings is 1. The summed E-state index contributed by atoms with van der Waals surface area (Å²) in [6.45, 7) is 0. The Morgan fingerprint density at radius 2 is 2.20 bits per heavy atom. The number of carbonyl (C=O) groups is 1. The zero-order valence-corrected chi connectivity index (χ0v) is 16.0. The van der Waals surface area contributed by atoms with Gasteiger partial charge in [-0.3, -0.25) is 4.79 Å². The maximum atomic E-state index is 12.1. The molecule has 1 amide bonds. The number of thioether (sulfide) groups is 1. The number of hydrogen-bond acceptors (Lipinski definition) is 7. The van der Waals surface area contributed by atoms with Crippen molar-refractivity contribution in [2.45, 2.75) is 22.9 Å². The van der Waals surface area contributed by atoms with E-state index in [1.807, 2.05) is 30.3 Å². The molecule has 0 spiro atoms. The predicted octanol–water partition coefficient (Wildman–Crippen LogP) is 4.47. The number of anilines is 1. The zero-order chi connectivity index (χ0) is 17.5. The van der Waals surface area contributed by atoms with Gasteiger partial charge in [-0.05, 0) is 35.6 Å². The molecule has 0 radical (unpaired) electrons. The summed E-state index contributed by atoms with van der Waals surface area (Å²) in [6.07, 6.45) is 1.05. The Bertz CT molecular complexity index is 818. The SMILES string of the molecule is COc1cccc(CCC(=O)Nc2nnc(SCc3cccs3)s2)c1. The first kappa shape index (κ1) is 17.9. The van der Waals surface area contributed by atoms with Gasteiger partial charge in [-0.1, -0.05) is 41.3 Å². The lowest BCUT2D eigenvalue weighted by atomic mass is 10.1. The molecule has 1 aromatic carbocycles. The van der Waals surface area contributed by atoms with Crippen molar-refractivity contribution in [2.24, 2.45) is 0 Å². The average molecular weight is 392 g/mol. The summed E-state index contributed by atoms with van der Waals surface area (Å²) in [4.78, 5) is 13.4. The third-order valence-electron chi connectivity index (χ3n) is 3.35. The second-order valence-electron chi connectivity index (χ2n) is 5.14. The van der Waals surface area contributed by atoms with E-state index in [4.69, 9.17) is 4.74 Å². The summed E-state index contributed by atoms with van der Waals surface area (Å²) < 4.78 is 6.05. The third-order valence-corrected chi connectivity index (χ3v) is 6.43. The number of carbonyl (C=O) groups excluding carboxylic acids is 1. The quantitative estimate of drug-likeness (QED) is 0.453. The summed E-state index contributed by atoms with van der Waals surface area (Å²) in [5.74, 6) is 1.61. The van der Waals surface area contributed by atoms with E-state index < -0.39 is 0 Å². The van der Waals surface area contributed by atoms with Gasteiger partial charge in [0.25, 0.3) is 0 Å². The highest BCUT2D eigenvalue weighted by atomic mass is 32.2. The monoisotopic (exact) mass is 391 g/mol. The first-order chi connectivity index (χ1) is 12.2. The molecule has 0 atom stereocenters. The van der Waals surface area contributed by atoms with Gasteiger partial charge in [0.05, 0.1) is 7.11 Å². The summed E-state index contributed by atoms with van der Waals surface area (Å²) >= 11 is 4.76. The average Bonchev–Trinajstić information content (AvgIpc) is 3.30. The van der Waals surface area contributed by atoms with E-state index in [9.17, 15) is 4.79 Å². The number of rotatable bonds is 8. The standard InChI is InChI=1S/C17H17N3O2S3/c1-22-13-5-2-4-12(10-13)7-8-15(21)18-16-19-20-17(25-16)24-11-14-6-3-9-23-14/h2-6,9-10H,7-8,11H2,1H3,(H,18,19,21). The van der Waals surface area contributed by atoms with Crippen LogP contribution in [0.2, 0.25) is 0 Å². The Kier molecular flexibility index (Phi) is 6.43. The number of methoxy groups -OCH3 is 1. The molecule has 0 fully saturated rings. The van der Waals surface area contributed by atoms with Gasteiger partial charge < -0.3 is 10.1 Å². The van der Waals surface area contributed by atoms with Gasteiger partial charge in [-0.25, -0.2) is 0 Å². The molecular formula is C17H17N3O2S3. The topological polar surface area (TPSA) is 64.1 Å². The van der Waals surface area contributed by atoms with Gasteiger partial charge in [0, 0.05) is 17.1 Å². The maximum absolute atomic E-state index is 12.1. The van der Waals surface area contributed by atoms with Crippen LogP contribution in [-0.2, 0) is 17.0 Å². The van der Waals surface area contributed by atoms with Gasteiger partial charge in [0.15, 0.2) is 4.34 Å². The van der Waals surface area contributed by atoms with Crippen LogP contribution in [0.3, 0.4) is 0 Å². The smallest absolute Gasteiger partial charge is 0.226 e. The molecule has 3 rings (SSSR count). The molecule has 0 unspecified atom stereocenters. The molecule has 0 bridgehead atoms. The molecule has 0 aliphatic carbocycles. The number of amides is 1. The van der Waals surface area contributed by atoms with E-state index >= 15 is 0 Å². The highest BCUT2D eigenvalue weighted by Crippen LogP contribution is 2.29. The van der Waals surface area contributed by atoms with Crippen molar-refractivity contribution in [1.82, 2.24) is 10.2 Å². The van der Waals surface area contributed by atoms with Crippen molar-refractivity contribution >= 4 is 45.5 Å². The highest BCUT2D eigenvalue weighted by Gasteiger charge is 2.09. The van der Waals surface area contributed by atoms with E-state index in [1.54, 1.807) is 30.2 Å². The summed E-state index contributed by atoms with van der Waals surface area (Å²) in [5, 5.41) is 13.6. The lowest BCUT2D eigenvalue weighted by Gasteiger charge is -2.04. The van der Waals surface area contributed by atoms with Gasteiger partial charge >= 0.3 is 0 Å². The van der Waals surface area contributed by atoms with Crippen molar-refractivity contribution < 1.29 is 9.53 Å². The number of aryl methyl sites for hydroxylation is 1. The Balaban J connectivity index is 1.46. The van der Waals surface area contributed by atoms with Gasteiger partial charge in [-0.2, -0.15) is 0 Å². The molecular weight excluding hydrogens is 374 g/mol. The van der Waals surface area contributed by atoms with Crippen LogP contribution in [0.5, 0.6) is 5.75 Å². The fourth-order valence-corrected chi connectivity index (χ4v) is 4.66. The number of ether oxygens (including phenoxy) is 1. The molecule has 8 heteroatoms. The predicted molar refractivity (Wildman–Crippen MR) is 104 cm³/mol. The second-order valence-corrected chi connectivity index (χ2v) is 8.37. The van der Waals surface area contributed by atoms with Crippen molar-refractivity contribution in [3.63, 3.8) is 0 Å². The largest absolute Gasteiger partial charge is 0.497 e. The van der Waals surface area contributed by atoms with Gasteiger partial charge in [0.1, 0.15) is 5.75 Å². The molecule has 5 nitrogen and oxygen atoms in total. The van der Waals surface area contributed by atoms with Crippen LogP contribution >= 0.6 is 34.4 Å². The number of aromatic nitrogens is 2. The normalized spacial score (nSPS) is 10.6. The van der Waals surface area contributed by atoms with Crippen LogP contribution < -0.4 is 10.1 Å². The van der Waals surface area contributed by atoms with Gasteiger partial charge in [-0.15, -0.1) is 21.5 Å². The number of hydrogen-bond donors (Lipinski definition) is 1. The van der Waals surface area contributed by atoms with Crippen molar-refractivity contribution in [2.75, 3.05) is 12.4 Å². The molecule has 2 aromatic heterocycles. The van der Waals surface area contributed by atoms with Crippen LogP contribution in [0, 0.1) is 0 Å². The molecule has 0 aliphatic rings. The van der Waals surface area contributed by atoms with Crippen LogP contribution in [0.4, 0.5) is 5.13 Å². The summed E-state index contributed by atoms with van der Waals surface area (Å²) in [7, 11) is 1.63. The fourth-order valence-electron chi connectivity index (χ4n) is 2.11. The van der Waals surface area contributed by atoms with E-state index in [0.717, 1.165) is 21.4 Å². The number of thiophene rings is 1. The maximum Gasteiger partial charge on any atom is 0.226 e. The van der Waals surface area contributed by atoms with Crippen LogP contribution in [-0.4, -0.2) is 23.2 Å². The Hall–Kier alpha value is -1.90. The molecule has 1 N–H and O–H groups in total. The summed E-state index contributed by atoms with van der Waals surface area (Å²) in [5.41, 5.74) is 1.07. The minimum atomic E-state index is -0.0613. The van der Waals surface area contributed by atoms with Crippen molar-refractivity contribution in [3.8, 4) is 5.75 Å². The fraction of sp³-hybridized carbons (Fsp3) is 0.235. The minimum absolute atomic E-state index is 0.0613. The van der Waals surface area contributed by atoms with E-state index in [-0.39, 0.29) is 5.91 Å². The lowest BCUT2D eigenvalue weighted by molar-refractivity contribution is -0.116. The highest BCUT2D eigenvalue weighted by molar-refractivity contribution is 8.00. The van der Waals surface area contributed by atoms with Crippen LogP contribution in [0.25, 0.3) is 0 Å². The molecule has 130 valence electrons. The summed E-state index contributed by atoms with van der Waals surface area (Å²) in [6, 6.07) is 11.9. The zero-order valence-electron chi connectivity index (χ0n) is 13.6. The first-order valence-electron chi connectivity index (χ1n) is 7.64. The minimum Gasteiger partial charge on any atom is -0.497 e. The van der Waals surface area contributed by atoms with Crippen molar-refractivity contribution in [1.29, 1.82) is 0 Å². The Morgan fingerprint density at radius 1 is 1.28 bits per heavy atom. The van der Waals surface area contributed by atoms with Gasteiger partial charge in [0.2, 0.25) is 11.0 Å². The van der Waals surface area contributed by atoms with E-state index in [0.29, 0.717) is 18.0 Å². The molecule has 25 heavy (non-hydrogen) atoms. The molecule has 2 heterocycles. The molecule has 0 saturated carbocycles. The molecule has 0 aliphatic heterocycles. The molecule has 0 saturated heterocycles. The van der Waals surface area contributed by atoms with Crippen LogP contribution in [0.15, 0.2) is 46.1 Å². The number of nitrogens with one attached hydrogen (secondary N) is 1. The van der Waals surface area contributed by atoms with E-state index in [2.05, 4.69) is 27.0 Å². The third kappa shape index (κ3) is 5.55. The van der Waals surface area contributed by atoms with Crippen molar-refractivity contribution in [3.05, 3.63) is 52.2 Å². The lowest BCUT2D eigenvalue weighted by Crippen LogP contribution is -2.12. The van der Waals surface area contributed by atoms with Crippen LogP contribution in [0.1, 0.15) is 16.9 Å². The number of nitrogens with zero attached hydrogens (tertiary/aromatic N) is 2. The second kappa shape index (κ2) is 8.98. The Morgan fingerprint density at radius 3 is 3.00 bits per heavy atom. The Labute approximate surface area is 158 Å².